The number of aliphatic hydroxyl groups excluding tert-OH is 1. The molecule has 1 aliphatic rings. The van der Waals surface area contributed by atoms with Crippen LogP contribution in [-0.2, 0) is 0 Å². The first-order chi connectivity index (χ1) is 9.95. The Bertz CT molecular complexity index is 525. The Labute approximate surface area is 130 Å². The number of rotatable bonds is 4. The van der Waals surface area contributed by atoms with Crippen molar-refractivity contribution >= 4 is 0 Å². The summed E-state index contributed by atoms with van der Waals surface area (Å²) in [6, 6.07) is 0. The third-order valence-electron chi connectivity index (χ3n) is 4.60. The molecule has 112 valence electrons. The van der Waals surface area contributed by atoms with Gasteiger partial charge in [0, 0.05) is 25.2 Å². The van der Waals surface area contributed by atoms with Gasteiger partial charge in [-0.3, -0.25) is 0 Å². The van der Waals surface area contributed by atoms with Gasteiger partial charge < -0.3 is 5.11 Å². The maximum Gasteiger partial charge on any atom is 0.118 e. The number of aliphatic hydroxyl groups is 1. The maximum atomic E-state index is 10.5. The molecule has 2 unspecified atom stereocenters. The molecule has 0 saturated carbocycles. The fourth-order valence-corrected chi connectivity index (χ4v) is 3.35. The van der Waals surface area contributed by atoms with Gasteiger partial charge in [-0.1, -0.05) is 36.8 Å². The summed E-state index contributed by atoms with van der Waals surface area (Å²) in [4.78, 5) is 0. The van der Waals surface area contributed by atoms with Crippen molar-refractivity contribution in [2.75, 3.05) is 0 Å². The van der Waals surface area contributed by atoms with Crippen LogP contribution < -0.4 is 0 Å². The van der Waals surface area contributed by atoms with Crippen LogP contribution in [0.4, 0.5) is 0 Å². The molecule has 0 aromatic heterocycles. The Hall–Kier alpha value is -1.62. The molecule has 2 atom stereocenters. The van der Waals surface area contributed by atoms with E-state index in [1.807, 2.05) is 0 Å². The summed E-state index contributed by atoms with van der Waals surface area (Å²) in [7, 11) is 0. The van der Waals surface area contributed by atoms with Crippen LogP contribution in [0.25, 0.3) is 0 Å². The van der Waals surface area contributed by atoms with Crippen LogP contribution in [-0.4, -0.2) is 11.2 Å². The van der Waals surface area contributed by atoms with Crippen molar-refractivity contribution in [3.05, 3.63) is 11.1 Å². The number of hydrogen-bond acceptors (Lipinski definition) is 1. The van der Waals surface area contributed by atoms with E-state index < -0.39 is 6.10 Å². The first-order valence-corrected chi connectivity index (χ1v) is 7.67. The molecule has 0 amide bonds. The fraction of sp³-hybridized carbons (Fsp3) is 0.600. The van der Waals surface area contributed by atoms with Crippen LogP contribution in [0.1, 0.15) is 59.3 Å². The molecular weight excluding hydrogens is 256 g/mol. The monoisotopic (exact) mass is 282 g/mol. The quantitative estimate of drug-likeness (QED) is 0.470. The number of hydrogen-bond donors (Lipinski definition) is 1. The van der Waals surface area contributed by atoms with Gasteiger partial charge in [-0.05, 0) is 31.6 Å². The molecule has 1 heteroatoms. The van der Waals surface area contributed by atoms with E-state index in [4.69, 9.17) is 12.8 Å². The average molecular weight is 282 g/mol. The van der Waals surface area contributed by atoms with Gasteiger partial charge in [-0.25, -0.2) is 0 Å². The van der Waals surface area contributed by atoms with Crippen LogP contribution in [0.15, 0.2) is 11.1 Å². The predicted octanol–water partition coefficient (Wildman–Crippen LogP) is 3.93. The zero-order valence-corrected chi connectivity index (χ0v) is 13.5. The molecule has 1 aliphatic carbocycles. The zero-order valence-electron chi connectivity index (χ0n) is 13.5. The highest BCUT2D eigenvalue weighted by atomic mass is 16.3. The van der Waals surface area contributed by atoms with Gasteiger partial charge >= 0.3 is 0 Å². The molecule has 0 heterocycles. The Morgan fingerprint density at radius 1 is 1.24 bits per heavy atom. The molecule has 1 nitrogen and oxygen atoms in total. The summed E-state index contributed by atoms with van der Waals surface area (Å²) in [5, 5.41) is 10.5. The zero-order chi connectivity index (χ0) is 15.9. The normalized spacial score (nSPS) is 21.7. The maximum absolute atomic E-state index is 10.5. The fourth-order valence-electron chi connectivity index (χ4n) is 3.35. The highest BCUT2D eigenvalue weighted by molar-refractivity contribution is 5.27. The van der Waals surface area contributed by atoms with Crippen molar-refractivity contribution in [3.63, 3.8) is 0 Å². The summed E-state index contributed by atoms with van der Waals surface area (Å²) < 4.78 is 0. The minimum absolute atomic E-state index is 0.0562. The van der Waals surface area contributed by atoms with Gasteiger partial charge in [0.2, 0.25) is 0 Å². The predicted molar refractivity (Wildman–Crippen MR) is 89.1 cm³/mol. The Morgan fingerprint density at radius 3 is 2.52 bits per heavy atom. The number of terminal acetylenes is 2. The molecule has 0 aromatic rings. The summed E-state index contributed by atoms with van der Waals surface area (Å²) in [6.45, 7) is 6.60. The Morgan fingerprint density at radius 2 is 1.90 bits per heavy atom. The van der Waals surface area contributed by atoms with Gasteiger partial charge in [-0.2, -0.15) is 0 Å². The Balaban J connectivity index is 2.88. The van der Waals surface area contributed by atoms with Crippen LogP contribution >= 0.6 is 0 Å². The van der Waals surface area contributed by atoms with E-state index in [2.05, 4.69) is 44.5 Å². The molecule has 0 spiro atoms. The molecule has 0 fully saturated rings. The van der Waals surface area contributed by atoms with E-state index in [1.54, 1.807) is 0 Å². The van der Waals surface area contributed by atoms with Crippen molar-refractivity contribution in [2.45, 2.75) is 65.4 Å². The van der Waals surface area contributed by atoms with Gasteiger partial charge in [0.05, 0.1) is 0 Å². The van der Waals surface area contributed by atoms with Crippen molar-refractivity contribution in [1.82, 2.24) is 0 Å². The number of allylic oxidation sites excluding steroid dienone is 2. The molecule has 0 saturated heterocycles. The molecular formula is C20H26O. The third kappa shape index (κ3) is 4.43. The van der Waals surface area contributed by atoms with Gasteiger partial charge in [0.15, 0.2) is 0 Å². The smallest absolute Gasteiger partial charge is 0.118 e. The molecule has 21 heavy (non-hydrogen) atoms. The molecule has 1 rings (SSSR count). The number of unbranched alkanes of at least 4 members (excludes halogenated alkanes) is 1. The van der Waals surface area contributed by atoms with Gasteiger partial charge in [0.25, 0.3) is 0 Å². The van der Waals surface area contributed by atoms with Crippen molar-refractivity contribution < 1.29 is 5.11 Å². The SMILES string of the molecule is C#CCCC#CC(O)C1CCC(C)=C(CCC#C)C1(C)C. The largest absolute Gasteiger partial charge is 0.380 e. The first-order valence-electron chi connectivity index (χ1n) is 7.67. The van der Waals surface area contributed by atoms with Crippen molar-refractivity contribution in [3.8, 4) is 36.5 Å². The summed E-state index contributed by atoms with van der Waals surface area (Å²) >= 11 is 0. The van der Waals surface area contributed by atoms with Crippen molar-refractivity contribution in [2.24, 2.45) is 11.3 Å². The lowest BCUT2D eigenvalue weighted by Gasteiger charge is -2.43. The molecule has 0 radical (unpaired) electrons. The molecule has 0 aromatic carbocycles. The average Bonchev–Trinajstić information content (AvgIpc) is 2.42. The minimum Gasteiger partial charge on any atom is -0.380 e. The van der Waals surface area contributed by atoms with Crippen LogP contribution in [0.2, 0.25) is 0 Å². The molecule has 1 N–H and O–H groups in total. The van der Waals surface area contributed by atoms with E-state index in [9.17, 15) is 5.11 Å². The lowest BCUT2D eigenvalue weighted by atomic mass is 9.62. The van der Waals surface area contributed by atoms with Gasteiger partial charge in [-0.15, -0.1) is 24.7 Å². The van der Waals surface area contributed by atoms with Crippen molar-refractivity contribution in [1.29, 1.82) is 0 Å². The lowest BCUT2D eigenvalue weighted by Crippen LogP contribution is -2.38. The third-order valence-corrected chi connectivity index (χ3v) is 4.60. The Kier molecular flexibility index (Phi) is 6.62. The van der Waals surface area contributed by atoms with E-state index in [1.165, 1.54) is 11.1 Å². The first kappa shape index (κ1) is 17.4. The summed E-state index contributed by atoms with van der Waals surface area (Å²) in [6.07, 6.45) is 15.0. The lowest BCUT2D eigenvalue weighted by molar-refractivity contribution is 0.0764. The second-order valence-electron chi connectivity index (χ2n) is 6.30. The minimum atomic E-state index is -0.591. The van der Waals surface area contributed by atoms with Gasteiger partial charge in [0.1, 0.15) is 6.10 Å². The van der Waals surface area contributed by atoms with E-state index in [0.717, 1.165) is 25.7 Å². The topological polar surface area (TPSA) is 20.2 Å². The summed E-state index contributed by atoms with van der Waals surface area (Å²) in [5.41, 5.74) is 2.78. The van der Waals surface area contributed by atoms with E-state index in [0.29, 0.717) is 12.8 Å². The second kappa shape index (κ2) is 7.98. The standard InChI is InChI=1S/C20H26O/c1-6-8-10-11-13-19(21)18-15-14-16(3)17(12-9-7-2)20(18,4)5/h1-2,18-19,21H,8-10,12,14-15H2,3-5H3. The van der Waals surface area contributed by atoms with E-state index in [-0.39, 0.29) is 11.3 Å². The molecule has 0 aliphatic heterocycles. The van der Waals surface area contributed by atoms with E-state index >= 15 is 0 Å². The highest BCUT2D eigenvalue weighted by Gasteiger charge is 2.40. The van der Waals surface area contributed by atoms with Crippen LogP contribution in [0, 0.1) is 47.9 Å². The molecule has 0 bridgehead atoms. The second-order valence-corrected chi connectivity index (χ2v) is 6.30. The summed E-state index contributed by atoms with van der Waals surface area (Å²) in [5.74, 6) is 11.4. The van der Waals surface area contributed by atoms with Crippen LogP contribution in [0.3, 0.4) is 0 Å². The highest BCUT2D eigenvalue weighted by Crippen LogP contribution is 2.47. The van der Waals surface area contributed by atoms with Crippen LogP contribution in [0.5, 0.6) is 0 Å².